The molecule has 0 bridgehead atoms. The molecule has 1 aromatic rings. The molecule has 0 amide bonds. The highest BCUT2D eigenvalue weighted by Crippen LogP contribution is 2.21. The molecule has 0 heterocycles. The van der Waals surface area contributed by atoms with E-state index in [0.717, 1.165) is 28.2 Å². The zero-order valence-electron chi connectivity index (χ0n) is 8.26. The van der Waals surface area contributed by atoms with E-state index in [-0.39, 0.29) is 0 Å². The molecule has 2 N–H and O–H groups in total. The summed E-state index contributed by atoms with van der Waals surface area (Å²) in [4.78, 5) is 0. The molecule has 0 saturated heterocycles. The molecule has 0 aliphatic heterocycles. The molecular formula is C11H15Br2N. The minimum absolute atomic E-state index is 0.311. The van der Waals surface area contributed by atoms with Crippen LogP contribution in [0.1, 0.15) is 25.3 Å². The van der Waals surface area contributed by atoms with Gasteiger partial charge in [-0.3, -0.25) is 0 Å². The van der Waals surface area contributed by atoms with Crippen LogP contribution in [0.2, 0.25) is 0 Å². The summed E-state index contributed by atoms with van der Waals surface area (Å²) >= 11 is 6.96. The van der Waals surface area contributed by atoms with Crippen molar-refractivity contribution in [3.63, 3.8) is 0 Å². The van der Waals surface area contributed by atoms with Crippen molar-refractivity contribution in [2.24, 2.45) is 5.73 Å². The fourth-order valence-corrected chi connectivity index (χ4v) is 2.77. The first kappa shape index (κ1) is 12.2. The number of hydrogen-bond acceptors (Lipinski definition) is 1. The van der Waals surface area contributed by atoms with E-state index >= 15 is 0 Å². The van der Waals surface area contributed by atoms with Crippen LogP contribution in [0.15, 0.2) is 27.1 Å². The van der Waals surface area contributed by atoms with Gasteiger partial charge in [0.1, 0.15) is 0 Å². The third-order valence-electron chi connectivity index (χ3n) is 2.05. The maximum atomic E-state index is 5.70. The van der Waals surface area contributed by atoms with Gasteiger partial charge >= 0.3 is 0 Å². The van der Waals surface area contributed by atoms with Crippen molar-refractivity contribution >= 4 is 31.9 Å². The first-order valence-electron chi connectivity index (χ1n) is 4.78. The number of nitrogens with two attached hydrogens (primary N) is 1. The Morgan fingerprint density at radius 1 is 1.21 bits per heavy atom. The van der Waals surface area contributed by atoms with E-state index in [0.29, 0.717) is 6.04 Å². The summed E-state index contributed by atoms with van der Waals surface area (Å²) in [5.41, 5.74) is 7.05. The van der Waals surface area contributed by atoms with E-state index in [9.17, 15) is 0 Å². The van der Waals surface area contributed by atoms with Gasteiger partial charge in [0, 0.05) is 15.0 Å². The van der Waals surface area contributed by atoms with Crippen LogP contribution in [0.3, 0.4) is 0 Å². The Bertz CT molecular complexity index is 277. The quantitative estimate of drug-likeness (QED) is 0.895. The van der Waals surface area contributed by atoms with Gasteiger partial charge in [-0.05, 0) is 49.9 Å². The Labute approximate surface area is 102 Å². The minimum atomic E-state index is 0.311. The first-order chi connectivity index (χ1) is 6.58. The Morgan fingerprint density at radius 2 is 1.79 bits per heavy atom. The molecule has 1 rings (SSSR count). The maximum Gasteiger partial charge on any atom is 0.0189 e. The second-order valence-electron chi connectivity index (χ2n) is 3.65. The zero-order chi connectivity index (χ0) is 10.6. The molecule has 1 aromatic carbocycles. The molecule has 1 nitrogen and oxygen atoms in total. The molecule has 0 spiro atoms. The summed E-state index contributed by atoms with van der Waals surface area (Å²) in [5, 5.41) is 0. The van der Waals surface area contributed by atoms with E-state index in [1.807, 2.05) is 0 Å². The lowest BCUT2D eigenvalue weighted by atomic mass is 10.1. The Kier molecular flexibility index (Phi) is 5.13. The van der Waals surface area contributed by atoms with Crippen molar-refractivity contribution in [1.82, 2.24) is 0 Å². The van der Waals surface area contributed by atoms with Gasteiger partial charge in [-0.1, -0.05) is 31.9 Å². The van der Waals surface area contributed by atoms with Crippen LogP contribution in [0.5, 0.6) is 0 Å². The Morgan fingerprint density at radius 3 is 2.29 bits per heavy atom. The standard InChI is InChI=1S/C11H15Br2N/c1-8(14)3-2-4-9-5-10(12)7-11(13)6-9/h5-8H,2-4,14H2,1H3. The largest absolute Gasteiger partial charge is 0.328 e. The lowest BCUT2D eigenvalue weighted by molar-refractivity contribution is 0.624. The molecule has 0 aromatic heterocycles. The van der Waals surface area contributed by atoms with Gasteiger partial charge in [-0.15, -0.1) is 0 Å². The molecule has 0 aliphatic carbocycles. The molecule has 0 saturated carbocycles. The molecule has 0 radical (unpaired) electrons. The summed E-state index contributed by atoms with van der Waals surface area (Å²) in [6, 6.07) is 6.68. The molecule has 3 heteroatoms. The number of rotatable bonds is 4. The molecule has 1 atom stereocenters. The van der Waals surface area contributed by atoms with E-state index < -0.39 is 0 Å². The highest BCUT2D eigenvalue weighted by molar-refractivity contribution is 9.11. The summed E-state index contributed by atoms with van der Waals surface area (Å²) in [5.74, 6) is 0. The highest BCUT2D eigenvalue weighted by Gasteiger charge is 1.99. The average Bonchev–Trinajstić information content (AvgIpc) is 2.01. The van der Waals surface area contributed by atoms with E-state index in [1.54, 1.807) is 0 Å². The van der Waals surface area contributed by atoms with Gasteiger partial charge in [-0.25, -0.2) is 0 Å². The molecule has 0 fully saturated rings. The van der Waals surface area contributed by atoms with Crippen LogP contribution < -0.4 is 5.73 Å². The Hall–Kier alpha value is 0.140. The maximum absolute atomic E-state index is 5.70. The van der Waals surface area contributed by atoms with E-state index in [1.165, 1.54) is 5.56 Å². The summed E-state index contributed by atoms with van der Waals surface area (Å²) in [6.45, 7) is 2.05. The van der Waals surface area contributed by atoms with Crippen LogP contribution in [0, 0.1) is 0 Å². The van der Waals surface area contributed by atoms with Crippen molar-refractivity contribution in [3.8, 4) is 0 Å². The van der Waals surface area contributed by atoms with Gasteiger partial charge in [0.15, 0.2) is 0 Å². The summed E-state index contributed by atoms with van der Waals surface area (Å²) in [6.07, 6.45) is 3.34. The van der Waals surface area contributed by atoms with Crippen LogP contribution >= 0.6 is 31.9 Å². The number of aryl methyl sites for hydroxylation is 1. The SMILES string of the molecule is CC(N)CCCc1cc(Br)cc(Br)c1. The minimum Gasteiger partial charge on any atom is -0.328 e. The van der Waals surface area contributed by atoms with Crippen LogP contribution in [-0.4, -0.2) is 6.04 Å². The Balaban J connectivity index is 2.50. The molecular weight excluding hydrogens is 306 g/mol. The third-order valence-corrected chi connectivity index (χ3v) is 2.96. The third kappa shape index (κ3) is 4.58. The van der Waals surface area contributed by atoms with Gasteiger partial charge in [-0.2, -0.15) is 0 Å². The number of hydrogen-bond donors (Lipinski definition) is 1. The molecule has 0 aliphatic rings. The van der Waals surface area contributed by atoms with Crippen molar-refractivity contribution in [2.75, 3.05) is 0 Å². The molecule has 78 valence electrons. The predicted octanol–water partition coefficient (Wildman–Crippen LogP) is 3.88. The number of benzene rings is 1. The summed E-state index contributed by atoms with van der Waals surface area (Å²) in [7, 11) is 0. The first-order valence-corrected chi connectivity index (χ1v) is 6.37. The topological polar surface area (TPSA) is 26.0 Å². The van der Waals surface area contributed by atoms with Crippen molar-refractivity contribution < 1.29 is 0 Å². The lowest BCUT2D eigenvalue weighted by Crippen LogP contribution is -2.14. The number of halogens is 2. The normalized spacial score (nSPS) is 12.9. The van der Waals surface area contributed by atoms with Gasteiger partial charge in [0.05, 0.1) is 0 Å². The van der Waals surface area contributed by atoms with Crippen molar-refractivity contribution in [1.29, 1.82) is 0 Å². The zero-order valence-corrected chi connectivity index (χ0v) is 11.4. The van der Waals surface area contributed by atoms with Crippen molar-refractivity contribution in [2.45, 2.75) is 32.2 Å². The van der Waals surface area contributed by atoms with Gasteiger partial charge < -0.3 is 5.73 Å². The van der Waals surface area contributed by atoms with Crippen LogP contribution in [-0.2, 0) is 6.42 Å². The molecule has 14 heavy (non-hydrogen) atoms. The second-order valence-corrected chi connectivity index (χ2v) is 5.48. The van der Waals surface area contributed by atoms with E-state index in [2.05, 4.69) is 57.0 Å². The predicted molar refractivity (Wildman–Crippen MR) is 68.4 cm³/mol. The van der Waals surface area contributed by atoms with Gasteiger partial charge in [0.2, 0.25) is 0 Å². The molecule has 1 unspecified atom stereocenters. The van der Waals surface area contributed by atoms with E-state index in [4.69, 9.17) is 5.73 Å². The smallest absolute Gasteiger partial charge is 0.0189 e. The van der Waals surface area contributed by atoms with Crippen LogP contribution in [0.25, 0.3) is 0 Å². The fourth-order valence-electron chi connectivity index (χ4n) is 1.38. The monoisotopic (exact) mass is 319 g/mol. The fraction of sp³-hybridized carbons (Fsp3) is 0.455. The van der Waals surface area contributed by atoms with Crippen LogP contribution in [0.4, 0.5) is 0 Å². The second kappa shape index (κ2) is 5.89. The lowest BCUT2D eigenvalue weighted by Gasteiger charge is -2.05. The van der Waals surface area contributed by atoms with Crippen molar-refractivity contribution in [3.05, 3.63) is 32.7 Å². The van der Waals surface area contributed by atoms with Gasteiger partial charge in [0.25, 0.3) is 0 Å². The average molecular weight is 321 g/mol. The highest BCUT2D eigenvalue weighted by atomic mass is 79.9. The summed E-state index contributed by atoms with van der Waals surface area (Å²) < 4.78 is 2.25.